The maximum Gasteiger partial charge on any atom is 0.197 e. The van der Waals surface area contributed by atoms with Crippen LogP contribution < -0.4 is 16.4 Å². The number of nitrogens with one attached hydrogen (secondary N) is 2. The van der Waals surface area contributed by atoms with Crippen LogP contribution in [0.4, 0.5) is 4.39 Å². The molecule has 1 aliphatic heterocycles. The summed E-state index contributed by atoms with van der Waals surface area (Å²) in [6, 6.07) is 4.41. The average molecular weight is 259 g/mol. The zero-order valence-electron chi connectivity index (χ0n) is 8.00. The van der Waals surface area contributed by atoms with E-state index >= 15 is 0 Å². The van der Waals surface area contributed by atoms with E-state index in [0.29, 0.717) is 0 Å². The largest absolute Gasteiger partial charge is 0.370 e. The van der Waals surface area contributed by atoms with Gasteiger partial charge in [-0.25, -0.2) is 9.38 Å². The Morgan fingerprint density at radius 1 is 1.50 bits per heavy atom. The van der Waals surface area contributed by atoms with Crippen LogP contribution in [0.15, 0.2) is 23.2 Å². The average Bonchev–Trinajstić information content (AvgIpc) is 2.15. The Bertz CT molecular complexity index is 456. The Hall–Kier alpha value is -1.40. The standard InChI is InChI=1S/C9H8ClFN4S/c10-4-2-1-3-5(11)6(4)7-13-8(12)15-9(16)14-7/h1-3,7H,(H4,12,13,14,15,16)/t7-/m0/s1. The van der Waals surface area contributed by atoms with Crippen LogP contribution in [-0.4, -0.2) is 11.1 Å². The van der Waals surface area contributed by atoms with Crippen LogP contribution in [-0.2, 0) is 0 Å². The number of aliphatic imine (C=N–C) groups is 1. The van der Waals surface area contributed by atoms with E-state index < -0.39 is 12.0 Å². The number of nitrogens with zero attached hydrogens (tertiary/aromatic N) is 1. The molecule has 1 aliphatic rings. The number of thiocarbonyl (C=S) groups is 1. The van der Waals surface area contributed by atoms with Gasteiger partial charge in [0.1, 0.15) is 5.82 Å². The summed E-state index contributed by atoms with van der Waals surface area (Å²) < 4.78 is 13.6. The molecule has 4 nitrogen and oxygen atoms in total. The lowest BCUT2D eigenvalue weighted by atomic mass is 10.1. The molecule has 0 fully saturated rings. The van der Waals surface area contributed by atoms with Crippen LogP contribution in [0, 0.1) is 5.82 Å². The van der Waals surface area contributed by atoms with Gasteiger partial charge in [-0.2, -0.15) is 0 Å². The number of halogens is 2. The summed E-state index contributed by atoms with van der Waals surface area (Å²) >= 11 is 10.8. The van der Waals surface area contributed by atoms with Gasteiger partial charge in [0.2, 0.25) is 0 Å². The second-order valence-electron chi connectivity index (χ2n) is 3.15. The molecule has 1 aromatic rings. The smallest absolute Gasteiger partial charge is 0.197 e. The van der Waals surface area contributed by atoms with Gasteiger partial charge in [0.05, 0.1) is 10.6 Å². The van der Waals surface area contributed by atoms with E-state index in [1.54, 1.807) is 6.07 Å². The monoisotopic (exact) mass is 258 g/mol. The first-order chi connectivity index (χ1) is 7.58. The first-order valence-corrected chi connectivity index (χ1v) is 5.21. The lowest BCUT2D eigenvalue weighted by Crippen LogP contribution is -2.49. The molecule has 0 bridgehead atoms. The summed E-state index contributed by atoms with van der Waals surface area (Å²) in [4.78, 5) is 3.98. The van der Waals surface area contributed by atoms with Gasteiger partial charge in [-0.3, -0.25) is 0 Å². The normalized spacial score (nSPS) is 19.8. The van der Waals surface area contributed by atoms with Crippen molar-refractivity contribution in [2.24, 2.45) is 10.7 Å². The molecule has 16 heavy (non-hydrogen) atoms. The third-order valence-electron chi connectivity index (χ3n) is 2.05. The van der Waals surface area contributed by atoms with Gasteiger partial charge < -0.3 is 16.4 Å². The SMILES string of the molecule is NC1=N[C@H](c2c(F)cccc2Cl)NC(=S)N1. The van der Waals surface area contributed by atoms with E-state index in [4.69, 9.17) is 29.6 Å². The van der Waals surface area contributed by atoms with Gasteiger partial charge in [0.15, 0.2) is 17.2 Å². The number of nitrogens with two attached hydrogens (primary N) is 1. The molecule has 0 aliphatic carbocycles. The Labute approximate surface area is 102 Å². The molecule has 0 saturated carbocycles. The van der Waals surface area contributed by atoms with Crippen LogP contribution in [0.5, 0.6) is 0 Å². The lowest BCUT2D eigenvalue weighted by Gasteiger charge is -2.24. The number of hydrogen-bond donors (Lipinski definition) is 3. The second kappa shape index (κ2) is 4.23. The van der Waals surface area contributed by atoms with E-state index in [-0.39, 0.29) is 21.7 Å². The Morgan fingerprint density at radius 3 is 2.88 bits per heavy atom. The Balaban J connectivity index is 2.44. The zero-order valence-corrected chi connectivity index (χ0v) is 9.57. The fraction of sp³-hybridized carbons (Fsp3) is 0.111. The van der Waals surface area contributed by atoms with E-state index in [2.05, 4.69) is 15.6 Å². The number of rotatable bonds is 1. The third-order valence-corrected chi connectivity index (χ3v) is 2.60. The maximum absolute atomic E-state index is 13.6. The fourth-order valence-electron chi connectivity index (χ4n) is 1.39. The van der Waals surface area contributed by atoms with Crippen molar-refractivity contribution in [2.45, 2.75) is 6.17 Å². The van der Waals surface area contributed by atoms with E-state index in [9.17, 15) is 4.39 Å². The van der Waals surface area contributed by atoms with Crippen LogP contribution in [0.25, 0.3) is 0 Å². The molecule has 1 heterocycles. The molecule has 0 radical (unpaired) electrons. The predicted molar refractivity (Wildman–Crippen MR) is 64.6 cm³/mol. The molecule has 1 atom stereocenters. The molecule has 2 rings (SSSR count). The molecule has 84 valence electrons. The molecule has 0 amide bonds. The highest BCUT2D eigenvalue weighted by Crippen LogP contribution is 2.27. The van der Waals surface area contributed by atoms with Gasteiger partial charge in [0, 0.05) is 0 Å². The summed E-state index contributed by atoms with van der Waals surface area (Å²) in [5.41, 5.74) is 5.73. The predicted octanol–water partition coefficient (Wildman–Crippen LogP) is 1.27. The highest BCUT2D eigenvalue weighted by molar-refractivity contribution is 7.80. The van der Waals surface area contributed by atoms with Gasteiger partial charge in [-0.05, 0) is 24.4 Å². The van der Waals surface area contributed by atoms with Gasteiger partial charge in [-0.1, -0.05) is 17.7 Å². The minimum Gasteiger partial charge on any atom is -0.370 e. The van der Waals surface area contributed by atoms with Crippen molar-refractivity contribution in [3.8, 4) is 0 Å². The Kier molecular flexibility index (Phi) is 2.93. The van der Waals surface area contributed by atoms with Crippen LogP contribution in [0.3, 0.4) is 0 Å². The quantitative estimate of drug-likeness (QED) is 0.664. The number of guanidine groups is 1. The van der Waals surface area contributed by atoms with Gasteiger partial charge >= 0.3 is 0 Å². The number of hydrogen-bond acceptors (Lipinski definition) is 3. The van der Waals surface area contributed by atoms with Crippen molar-refractivity contribution < 1.29 is 4.39 Å². The lowest BCUT2D eigenvalue weighted by molar-refractivity contribution is 0.564. The molecule has 0 unspecified atom stereocenters. The van der Waals surface area contributed by atoms with Gasteiger partial charge in [-0.15, -0.1) is 0 Å². The molecular weight excluding hydrogens is 251 g/mol. The van der Waals surface area contributed by atoms with Crippen molar-refractivity contribution >= 4 is 34.9 Å². The third kappa shape index (κ3) is 2.07. The van der Waals surface area contributed by atoms with Crippen LogP contribution >= 0.6 is 23.8 Å². The minimum absolute atomic E-state index is 0.132. The van der Waals surface area contributed by atoms with Gasteiger partial charge in [0.25, 0.3) is 0 Å². The van der Waals surface area contributed by atoms with E-state index in [1.165, 1.54) is 12.1 Å². The second-order valence-corrected chi connectivity index (χ2v) is 3.97. The summed E-state index contributed by atoms with van der Waals surface area (Å²) in [6.45, 7) is 0. The topological polar surface area (TPSA) is 62.4 Å². The van der Waals surface area contributed by atoms with Crippen molar-refractivity contribution in [1.29, 1.82) is 0 Å². The van der Waals surface area contributed by atoms with Crippen molar-refractivity contribution in [2.75, 3.05) is 0 Å². The summed E-state index contributed by atoms with van der Waals surface area (Å²) in [7, 11) is 0. The molecule has 7 heteroatoms. The molecule has 0 aromatic heterocycles. The van der Waals surface area contributed by atoms with Crippen LogP contribution in [0.2, 0.25) is 5.02 Å². The first-order valence-electron chi connectivity index (χ1n) is 4.42. The molecular formula is C9H8ClFN4S. The molecule has 0 saturated heterocycles. The summed E-state index contributed by atoms with van der Waals surface area (Å²) in [5.74, 6) is -0.320. The van der Waals surface area contributed by atoms with E-state index in [0.717, 1.165) is 0 Å². The van der Waals surface area contributed by atoms with Crippen molar-refractivity contribution in [3.05, 3.63) is 34.6 Å². The maximum atomic E-state index is 13.6. The summed E-state index contributed by atoms with van der Waals surface area (Å²) in [6.07, 6.45) is -0.692. The van der Waals surface area contributed by atoms with Crippen molar-refractivity contribution in [1.82, 2.24) is 10.6 Å². The van der Waals surface area contributed by atoms with Crippen molar-refractivity contribution in [3.63, 3.8) is 0 Å². The highest BCUT2D eigenvalue weighted by Gasteiger charge is 2.22. The minimum atomic E-state index is -0.692. The van der Waals surface area contributed by atoms with Crippen LogP contribution in [0.1, 0.15) is 11.7 Å². The molecule has 0 spiro atoms. The van der Waals surface area contributed by atoms with E-state index in [1.807, 2.05) is 0 Å². The fourth-order valence-corrected chi connectivity index (χ4v) is 1.87. The highest BCUT2D eigenvalue weighted by atomic mass is 35.5. The Morgan fingerprint density at radius 2 is 2.25 bits per heavy atom. The first kappa shape index (κ1) is 11.1. The number of benzene rings is 1. The summed E-state index contributed by atoms with van der Waals surface area (Å²) in [5, 5.41) is 5.94. The zero-order chi connectivity index (χ0) is 11.7. The molecule has 4 N–H and O–H groups in total. The molecule has 1 aromatic carbocycles.